The van der Waals surface area contributed by atoms with Crippen molar-refractivity contribution in [3.8, 4) is 0 Å². The lowest BCUT2D eigenvalue weighted by molar-refractivity contribution is 0.340. The highest BCUT2D eigenvalue weighted by Crippen LogP contribution is 2.23. The highest BCUT2D eigenvalue weighted by Gasteiger charge is 2.27. The molecular formula is C16H23N3O5S2. The van der Waals surface area contributed by atoms with Crippen LogP contribution >= 0.6 is 0 Å². The highest BCUT2D eigenvalue weighted by atomic mass is 32.2. The first-order chi connectivity index (χ1) is 12.0. The molecule has 2 aromatic rings. The molecule has 2 rings (SSSR count). The summed E-state index contributed by atoms with van der Waals surface area (Å²) in [7, 11) is -7.36. The van der Waals surface area contributed by atoms with Crippen LogP contribution in [0, 0.1) is 12.8 Å². The lowest BCUT2D eigenvalue weighted by atomic mass is 10.0. The third-order valence-corrected chi connectivity index (χ3v) is 5.66. The molecule has 0 aliphatic heterocycles. The van der Waals surface area contributed by atoms with Crippen molar-refractivity contribution in [2.75, 3.05) is 6.26 Å². The van der Waals surface area contributed by atoms with Gasteiger partial charge >= 0.3 is 5.22 Å². The van der Waals surface area contributed by atoms with Crippen molar-refractivity contribution in [2.24, 2.45) is 5.92 Å². The van der Waals surface area contributed by atoms with Crippen LogP contribution in [0.1, 0.15) is 43.3 Å². The van der Waals surface area contributed by atoms with E-state index < -0.39 is 31.1 Å². The predicted octanol–water partition coefficient (Wildman–Crippen LogP) is 1.99. The van der Waals surface area contributed by atoms with Crippen LogP contribution in [0.3, 0.4) is 0 Å². The van der Waals surface area contributed by atoms with E-state index >= 15 is 0 Å². The number of hydrogen-bond acceptors (Lipinski definition) is 7. The molecule has 1 N–H and O–H groups in total. The zero-order valence-corrected chi connectivity index (χ0v) is 16.8. The first kappa shape index (κ1) is 20.5. The Morgan fingerprint density at radius 1 is 1.15 bits per heavy atom. The third kappa shape index (κ3) is 5.89. The van der Waals surface area contributed by atoms with Crippen LogP contribution in [-0.2, 0) is 25.6 Å². The number of aromatic nitrogens is 2. The van der Waals surface area contributed by atoms with Gasteiger partial charge in [-0.05, 0) is 24.8 Å². The first-order valence-electron chi connectivity index (χ1n) is 8.05. The van der Waals surface area contributed by atoms with Gasteiger partial charge in [0, 0.05) is 6.26 Å². The number of sulfone groups is 1. The van der Waals surface area contributed by atoms with Crippen LogP contribution < -0.4 is 4.72 Å². The van der Waals surface area contributed by atoms with Gasteiger partial charge in [0.05, 0.1) is 5.75 Å². The number of nitrogens with zero attached hydrogens (tertiary/aromatic N) is 2. The molecule has 0 spiro atoms. The molecule has 26 heavy (non-hydrogen) atoms. The zero-order chi connectivity index (χ0) is 19.5. The van der Waals surface area contributed by atoms with Crippen LogP contribution in [0.5, 0.6) is 0 Å². The van der Waals surface area contributed by atoms with Crippen molar-refractivity contribution in [1.29, 1.82) is 0 Å². The minimum atomic E-state index is -3.70. The first-order valence-corrected chi connectivity index (χ1v) is 11.6. The molecule has 1 heterocycles. The maximum atomic E-state index is 12.6. The van der Waals surface area contributed by atoms with E-state index in [1.807, 2.05) is 26.8 Å². The minimum absolute atomic E-state index is 0.0630. The van der Waals surface area contributed by atoms with Gasteiger partial charge in [-0.1, -0.05) is 48.8 Å². The standard InChI is InChI=1S/C16H23N3O5S2/c1-11(2)8-14(15-17-18-16(24-15)25(4,20)21)19-26(22,23)10-13-7-5-6-12(3)9-13/h5-7,9,11,14,19H,8,10H2,1-4H3/t14-/m0/s1. The fraction of sp³-hybridized carbons (Fsp3) is 0.500. The molecule has 1 aromatic heterocycles. The summed E-state index contributed by atoms with van der Waals surface area (Å²) in [5.74, 6) is -0.140. The van der Waals surface area contributed by atoms with Crippen molar-refractivity contribution in [3.63, 3.8) is 0 Å². The quantitative estimate of drug-likeness (QED) is 0.718. The Hall–Kier alpha value is -1.78. The van der Waals surface area contributed by atoms with Gasteiger partial charge in [0.1, 0.15) is 6.04 Å². The Morgan fingerprint density at radius 2 is 1.85 bits per heavy atom. The second-order valence-corrected chi connectivity index (χ2v) is 10.4. The summed E-state index contributed by atoms with van der Waals surface area (Å²) in [6.45, 7) is 5.71. The molecule has 0 saturated heterocycles. The van der Waals surface area contributed by atoms with Crippen molar-refractivity contribution in [3.05, 3.63) is 41.3 Å². The molecular weight excluding hydrogens is 378 g/mol. The number of aryl methyl sites for hydroxylation is 1. The Labute approximate surface area is 154 Å². The summed E-state index contributed by atoms with van der Waals surface area (Å²) in [5.41, 5.74) is 1.62. The fourth-order valence-corrected chi connectivity index (χ4v) is 4.22. The average molecular weight is 402 g/mol. The smallest absolute Gasteiger partial charge is 0.335 e. The normalized spacial score (nSPS) is 13.9. The van der Waals surface area contributed by atoms with Gasteiger partial charge in [-0.2, -0.15) is 0 Å². The monoisotopic (exact) mass is 401 g/mol. The molecule has 0 unspecified atom stereocenters. The van der Waals surface area contributed by atoms with Crippen LogP contribution in [0.2, 0.25) is 0 Å². The van der Waals surface area contributed by atoms with Gasteiger partial charge in [-0.15, -0.1) is 5.10 Å². The largest absolute Gasteiger partial charge is 0.411 e. The number of sulfonamides is 1. The lowest BCUT2D eigenvalue weighted by Gasteiger charge is -2.17. The van der Waals surface area contributed by atoms with Gasteiger partial charge in [0.25, 0.3) is 0 Å². The van der Waals surface area contributed by atoms with Crippen molar-refractivity contribution >= 4 is 19.9 Å². The fourth-order valence-electron chi connectivity index (χ4n) is 2.46. The van der Waals surface area contributed by atoms with Gasteiger partial charge in [-0.3, -0.25) is 0 Å². The van der Waals surface area contributed by atoms with E-state index in [0.717, 1.165) is 11.8 Å². The van der Waals surface area contributed by atoms with E-state index in [1.54, 1.807) is 18.2 Å². The van der Waals surface area contributed by atoms with E-state index in [4.69, 9.17) is 4.42 Å². The number of benzene rings is 1. The SMILES string of the molecule is Cc1cccc(CS(=O)(=O)N[C@@H](CC(C)C)c2nnc(S(C)(=O)=O)o2)c1. The van der Waals surface area contributed by atoms with Crippen molar-refractivity contribution in [1.82, 2.24) is 14.9 Å². The summed E-state index contributed by atoms with van der Waals surface area (Å²) < 4.78 is 55.9. The number of hydrogen-bond donors (Lipinski definition) is 1. The van der Waals surface area contributed by atoms with Crippen LogP contribution in [-0.4, -0.2) is 33.3 Å². The highest BCUT2D eigenvalue weighted by molar-refractivity contribution is 7.90. The number of rotatable bonds is 8. The van der Waals surface area contributed by atoms with E-state index in [9.17, 15) is 16.8 Å². The summed E-state index contributed by atoms with van der Waals surface area (Å²) in [4.78, 5) is 0. The molecule has 0 aliphatic carbocycles. The Balaban J connectivity index is 2.25. The molecule has 1 atom stereocenters. The maximum Gasteiger partial charge on any atom is 0.335 e. The predicted molar refractivity (Wildman–Crippen MR) is 96.5 cm³/mol. The second-order valence-electron chi connectivity index (χ2n) is 6.73. The molecule has 10 heteroatoms. The second kappa shape index (κ2) is 7.85. The molecule has 0 aliphatic rings. The van der Waals surface area contributed by atoms with Crippen molar-refractivity contribution < 1.29 is 21.3 Å². The molecule has 0 radical (unpaired) electrons. The Morgan fingerprint density at radius 3 is 2.38 bits per heavy atom. The molecule has 1 aromatic carbocycles. The average Bonchev–Trinajstić information content (AvgIpc) is 2.94. The minimum Gasteiger partial charge on any atom is -0.411 e. The number of nitrogens with one attached hydrogen (secondary N) is 1. The molecule has 0 saturated carbocycles. The van der Waals surface area contributed by atoms with Crippen molar-refractivity contribution in [2.45, 2.75) is 44.2 Å². The van der Waals surface area contributed by atoms with Crippen LogP contribution in [0.15, 0.2) is 33.9 Å². The van der Waals surface area contributed by atoms with E-state index in [0.29, 0.717) is 12.0 Å². The summed E-state index contributed by atoms with van der Waals surface area (Å²) in [6.07, 6.45) is 1.34. The Kier molecular flexibility index (Phi) is 6.20. The topological polar surface area (TPSA) is 119 Å². The van der Waals surface area contributed by atoms with Crippen LogP contribution in [0.4, 0.5) is 0 Å². The van der Waals surface area contributed by atoms with Gasteiger partial charge in [-0.25, -0.2) is 21.6 Å². The van der Waals surface area contributed by atoms with Gasteiger partial charge in [0.2, 0.25) is 25.8 Å². The summed E-state index contributed by atoms with van der Waals surface area (Å²) in [6, 6.07) is 6.41. The Bertz CT molecular complexity index is 965. The molecule has 0 bridgehead atoms. The molecule has 0 amide bonds. The molecule has 8 nitrogen and oxygen atoms in total. The maximum absolute atomic E-state index is 12.6. The summed E-state index contributed by atoms with van der Waals surface area (Å²) in [5, 5.41) is 6.69. The lowest BCUT2D eigenvalue weighted by Crippen LogP contribution is -2.31. The van der Waals surface area contributed by atoms with E-state index in [1.165, 1.54) is 0 Å². The zero-order valence-electron chi connectivity index (χ0n) is 15.1. The van der Waals surface area contributed by atoms with E-state index in [-0.39, 0.29) is 17.6 Å². The van der Waals surface area contributed by atoms with Gasteiger partial charge < -0.3 is 4.42 Å². The van der Waals surface area contributed by atoms with Gasteiger partial charge in [0.15, 0.2) is 0 Å². The molecule has 144 valence electrons. The summed E-state index contributed by atoms with van der Waals surface area (Å²) >= 11 is 0. The molecule has 0 fully saturated rings. The van der Waals surface area contributed by atoms with E-state index in [2.05, 4.69) is 14.9 Å². The van der Waals surface area contributed by atoms with Crippen LogP contribution in [0.25, 0.3) is 0 Å². The third-order valence-electron chi connectivity index (χ3n) is 3.51.